The Morgan fingerprint density at radius 1 is 1.37 bits per heavy atom. The Morgan fingerprint density at radius 2 is 2.00 bits per heavy atom. The van der Waals surface area contributed by atoms with Crippen LogP contribution in [0.15, 0.2) is 0 Å². The van der Waals surface area contributed by atoms with E-state index in [2.05, 4.69) is 10.6 Å². The number of carbonyl (C=O) groups excluding carboxylic acids is 2. The number of quaternary nitrogens is 1. The summed E-state index contributed by atoms with van der Waals surface area (Å²) in [4.78, 5) is 22.7. The molecular weight excluding hydrogens is 246 g/mol. The molecule has 1 aliphatic rings. The number of ether oxygens (including phenoxy) is 1. The first-order chi connectivity index (χ1) is 8.90. The van der Waals surface area contributed by atoms with Crippen LogP contribution in [-0.4, -0.2) is 61.9 Å². The van der Waals surface area contributed by atoms with Crippen molar-refractivity contribution in [1.29, 1.82) is 0 Å². The van der Waals surface area contributed by atoms with Crippen molar-refractivity contribution in [2.24, 2.45) is 0 Å². The van der Waals surface area contributed by atoms with E-state index < -0.39 is 5.60 Å². The van der Waals surface area contributed by atoms with Crippen molar-refractivity contribution in [2.45, 2.75) is 32.8 Å². The lowest BCUT2D eigenvalue weighted by Crippen LogP contribution is -2.63. The molecular formula is C13H26N3O3+. The van der Waals surface area contributed by atoms with E-state index in [1.165, 1.54) is 0 Å². The van der Waals surface area contributed by atoms with Crippen LogP contribution in [-0.2, 0) is 9.53 Å². The minimum Gasteiger partial charge on any atom is -0.414 e. The van der Waals surface area contributed by atoms with Gasteiger partial charge in [-0.25, -0.2) is 4.48 Å². The largest absolute Gasteiger partial charge is 0.516 e. The Kier molecular flexibility index (Phi) is 5.75. The summed E-state index contributed by atoms with van der Waals surface area (Å²) in [7, 11) is 0. The molecule has 1 aliphatic heterocycles. The van der Waals surface area contributed by atoms with Crippen molar-refractivity contribution < 1.29 is 18.8 Å². The van der Waals surface area contributed by atoms with Crippen molar-refractivity contribution in [3.05, 3.63) is 0 Å². The summed E-state index contributed by atoms with van der Waals surface area (Å²) in [5, 5.41) is 5.90. The van der Waals surface area contributed by atoms with E-state index >= 15 is 0 Å². The lowest BCUT2D eigenvalue weighted by molar-refractivity contribution is -0.860. The van der Waals surface area contributed by atoms with Crippen LogP contribution in [0, 0.1) is 0 Å². The highest BCUT2D eigenvalue weighted by Crippen LogP contribution is 2.18. The van der Waals surface area contributed by atoms with Gasteiger partial charge >= 0.3 is 6.09 Å². The maximum absolute atomic E-state index is 12.4. The normalized spacial score (nSPS) is 18.7. The number of nitrogens with one attached hydrogen (secondary N) is 2. The molecule has 2 N–H and O–H groups in total. The summed E-state index contributed by atoms with van der Waals surface area (Å²) in [5.41, 5.74) is -0.464. The highest BCUT2D eigenvalue weighted by molar-refractivity contribution is 5.60. The van der Waals surface area contributed by atoms with Gasteiger partial charge in [-0.2, -0.15) is 4.79 Å². The number of carbonyl (C=O) groups is 2. The Morgan fingerprint density at radius 3 is 2.53 bits per heavy atom. The van der Waals surface area contributed by atoms with E-state index in [0.29, 0.717) is 24.0 Å². The first-order valence-electron chi connectivity index (χ1n) is 6.87. The Hall–Kier alpha value is -1.14. The first kappa shape index (κ1) is 15.9. The fourth-order valence-corrected chi connectivity index (χ4v) is 2.22. The van der Waals surface area contributed by atoms with Crippen molar-refractivity contribution in [1.82, 2.24) is 10.6 Å². The molecule has 0 spiro atoms. The summed E-state index contributed by atoms with van der Waals surface area (Å²) in [6, 6.07) is 0. The van der Waals surface area contributed by atoms with Crippen LogP contribution >= 0.6 is 0 Å². The Bertz CT molecular complexity index is 307. The molecule has 1 fully saturated rings. The van der Waals surface area contributed by atoms with Gasteiger partial charge in [0.1, 0.15) is 18.7 Å². The zero-order valence-corrected chi connectivity index (χ0v) is 12.2. The second-order valence-corrected chi connectivity index (χ2v) is 5.97. The zero-order valence-electron chi connectivity index (χ0n) is 12.2. The van der Waals surface area contributed by atoms with Crippen LogP contribution in [0.4, 0.5) is 4.79 Å². The molecule has 0 aliphatic carbocycles. The molecule has 0 aromatic carbocycles. The maximum Gasteiger partial charge on any atom is 0.516 e. The van der Waals surface area contributed by atoms with E-state index in [1.807, 2.05) is 20.8 Å². The third-order valence-electron chi connectivity index (χ3n) is 3.20. The lowest BCUT2D eigenvalue weighted by Gasteiger charge is -2.39. The van der Waals surface area contributed by atoms with Crippen LogP contribution in [0.3, 0.4) is 0 Å². The monoisotopic (exact) mass is 272 g/mol. The van der Waals surface area contributed by atoms with Crippen molar-refractivity contribution in [2.75, 3.05) is 39.3 Å². The van der Waals surface area contributed by atoms with E-state index in [1.54, 1.807) is 0 Å². The smallest absolute Gasteiger partial charge is 0.414 e. The molecule has 1 heterocycles. The fraction of sp³-hybridized carbons (Fsp3) is 0.846. The van der Waals surface area contributed by atoms with Gasteiger partial charge < -0.3 is 15.4 Å². The Labute approximate surface area is 115 Å². The van der Waals surface area contributed by atoms with Gasteiger partial charge in [-0.05, 0) is 20.8 Å². The number of rotatable bonds is 5. The summed E-state index contributed by atoms with van der Waals surface area (Å²) in [6.45, 7) is 10.1. The highest BCUT2D eigenvalue weighted by atomic mass is 16.6. The maximum atomic E-state index is 12.4. The van der Waals surface area contributed by atoms with E-state index in [9.17, 15) is 9.59 Å². The van der Waals surface area contributed by atoms with E-state index in [4.69, 9.17) is 4.74 Å². The average Bonchev–Trinajstić information content (AvgIpc) is 2.34. The topological polar surface area (TPSA) is 67.4 Å². The van der Waals surface area contributed by atoms with Gasteiger partial charge in [0, 0.05) is 26.1 Å². The predicted molar refractivity (Wildman–Crippen MR) is 72.6 cm³/mol. The van der Waals surface area contributed by atoms with Crippen molar-refractivity contribution in [3.8, 4) is 0 Å². The molecule has 110 valence electrons. The number of hydrogen-bond acceptors (Lipinski definition) is 4. The Balaban J connectivity index is 2.63. The quantitative estimate of drug-likeness (QED) is 0.434. The van der Waals surface area contributed by atoms with Gasteiger partial charge in [-0.3, -0.25) is 4.79 Å². The van der Waals surface area contributed by atoms with Crippen molar-refractivity contribution in [3.63, 3.8) is 0 Å². The molecule has 0 saturated carbocycles. The lowest BCUT2D eigenvalue weighted by atomic mass is 10.2. The SMILES string of the molecule is CC(C)(C)OC(=O)[N+]1(CCCNC=O)CCNCC1. The van der Waals surface area contributed by atoms with Gasteiger partial charge in [0.25, 0.3) is 0 Å². The molecule has 2 amide bonds. The molecule has 1 saturated heterocycles. The molecule has 1 rings (SSSR count). The van der Waals surface area contributed by atoms with Crippen LogP contribution in [0.5, 0.6) is 0 Å². The predicted octanol–water partition coefficient (Wildman–Crippen LogP) is 0.478. The number of piperazine rings is 1. The molecule has 6 heteroatoms. The summed E-state index contributed by atoms with van der Waals surface area (Å²) < 4.78 is 5.91. The molecule has 0 radical (unpaired) electrons. The molecule has 0 aromatic heterocycles. The second kappa shape index (κ2) is 6.86. The first-order valence-corrected chi connectivity index (χ1v) is 6.87. The number of hydrogen-bond donors (Lipinski definition) is 2. The third-order valence-corrected chi connectivity index (χ3v) is 3.20. The molecule has 0 bridgehead atoms. The molecule has 0 atom stereocenters. The number of amides is 2. The molecule has 0 aromatic rings. The molecule has 6 nitrogen and oxygen atoms in total. The van der Waals surface area contributed by atoms with Gasteiger partial charge in [0.15, 0.2) is 0 Å². The minimum absolute atomic E-state index is 0.153. The highest BCUT2D eigenvalue weighted by Gasteiger charge is 2.41. The van der Waals surface area contributed by atoms with E-state index in [-0.39, 0.29) is 6.09 Å². The second-order valence-electron chi connectivity index (χ2n) is 5.97. The van der Waals surface area contributed by atoms with Gasteiger partial charge in [0.2, 0.25) is 6.41 Å². The summed E-state index contributed by atoms with van der Waals surface area (Å²) >= 11 is 0. The molecule has 0 unspecified atom stereocenters. The van der Waals surface area contributed by atoms with Crippen LogP contribution in [0.1, 0.15) is 27.2 Å². The summed E-state index contributed by atoms with van der Waals surface area (Å²) in [5.74, 6) is 0. The minimum atomic E-state index is -0.464. The fourth-order valence-electron chi connectivity index (χ4n) is 2.22. The van der Waals surface area contributed by atoms with Crippen LogP contribution < -0.4 is 10.6 Å². The average molecular weight is 272 g/mol. The zero-order chi connectivity index (χ0) is 14.4. The van der Waals surface area contributed by atoms with Gasteiger partial charge in [0.05, 0.1) is 6.54 Å². The van der Waals surface area contributed by atoms with Gasteiger partial charge in [-0.1, -0.05) is 0 Å². The van der Waals surface area contributed by atoms with E-state index in [0.717, 1.165) is 32.6 Å². The van der Waals surface area contributed by atoms with Crippen LogP contribution in [0.2, 0.25) is 0 Å². The van der Waals surface area contributed by atoms with Crippen molar-refractivity contribution >= 4 is 12.5 Å². The standard InChI is InChI=1S/C13H25N3O3/c1-13(2,3)19-12(18)16(8-4-5-15-11-17)9-6-14-7-10-16/h11,14H,4-10H2,1-3H3/p+1. The third kappa shape index (κ3) is 5.16. The number of nitrogens with zero attached hydrogens (tertiary/aromatic N) is 1. The summed E-state index contributed by atoms with van der Waals surface area (Å²) in [6.07, 6.45) is 1.31. The van der Waals surface area contributed by atoms with Gasteiger partial charge in [-0.15, -0.1) is 0 Å². The van der Waals surface area contributed by atoms with Crippen LogP contribution in [0.25, 0.3) is 0 Å². The molecule has 19 heavy (non-hydrogen) atoms.